The van der Waals surface area contributed by atoms with Crippen molar-refractivity contribution in [3.05, 3.63) is 119 Å². The number of likely N-dealkylation sites (tertiary alicyclic amines) is 1. The Morgan fingerprint density at radius 1 is 0.419 bits per heavy atom. The van der Waals surface area contributed by atoms with Crippen LogP contribution in [-0.2, 0) is 108 Å². The Balaban J connectivity index is 0.575. The van der Waals surface area contributed by atoms with Crippen LogP contribution in [0.3, 0.4) is 0 Å². The van der Waals surface area contributed by atoms with Gasteiger partial charge in [0.05, 0.1) is 193 Å². The van der Waals surface area contributed by atoms with Crippen molar-refractivity contribution in [2.24, 2.45) is 23.7 Å². The average Bonchev–Trinajstić information content (AvgIpc) is 1.58. The van der Waals surface area contributed by atoms with E-state index in [-0.39, 0.29) is 170 Å². The number of rotatable bonds is 64. The van der Waals surface area contributed by atoms with Crippen molar-refractivity contribution in [3.8, 4) is 23.0 Å². The molecule has 2 fully saturated rings. The van der Waals surface area contributed by atoms with Crippen molar-refractivity contribution >= 4 is 94.0 Å². The van der Waals surface area contributed by atoms with Gasteiger partial charge in [-0.2, -0.15) is 0 Å². The van der Waals surface area contributed by atoms with E-state index in [2.05, 4.69) is 37.2 Å². The standard InChI is InChI=1S/C106H154N12O30/c1-69(2)94(108-34-21-37-136-44-46-139-48-50-141-52-54-143-56-57-144-55-53-142-51-49-140-47-45-138-41-35-107-91(119)32-36-114-93(121)62-80(100(114)126)77-22-17-14-12-13-15-18-23-77)98(124)109-73(7)96(122)111-78-28-24-75(25-29-78)67-147-105(131)117-83-63-89(87(134-10)60-81(83)101(127)115-65-71(5)58-85(115)103(117)129)145-38-19-16-20-39-146-90-64-84-82(61-88(90)135-11)102(128)116-66-72(6)59-86(116)104(130)118(84)106(132)148-68-76-26-30-79(31-27-76)112-97(123)74(8)110-99(125)95(70(3)4)113-92(120)33-40-137-43-42-133-9/h24-31,60-61,63-66,69-70,73-74,77,80,85-86,94-95,103-104,108,129-130H,12-23,32-59,62,67-68H2,1-11H3,(H,107,119)(H,109,124)(H,110,125)(H,111,122)(H,112,123)(H,113,120)/t73-,74-,80?,85-,86-,94-,95-,103-,104-/m0/s1. The van der Waals surface area contributed by atoms with Crippen LogP contribution in [0.4, 0.5) is 32.3 Å². The van der Waals surface area contributed by atoms with E-state index < -0.39 is 90.4 Å². The maximum absolute atomic E-state index is 14.5. The van der Waals surface area contributed by atoms with E-state index in [0.717, 1.165) is 46.6 Å². The van der Waals surface area contributed by atoms with Gasteiger partial charge in [0.2, 0.25) is 47.3 Å². The van der Waals surface area contributed by atoms with Gasteiger partial charge in [0, 0.05) is 82.0 Å². The predicted octanol–water partition coefficient (Wildman–Crippen LogP) is 9.37. The Hall–Kier alpha value is -11.5. The zero-order valence-electron chi connectivity index (χ0n) is 87.5. The Bertz CT molecular complexity index is 5000. The molecule has 42 nitrogen and oxygen atoms in total. The Labute approximate surface area is 866 Å². The Morgan fingerprint density at radius 2 is 0.831 bits per heavy atom. The highest BCUT2D eigenvalue weighted by Crippen LogP contribution is 2.45. The molecule has 42 heteroatoms. The molecule has 5 heterocycles. The predicted molar refractivity (Wildman–Crippen MR) is 545 cm³/mol. The van der Waals surface area contributed by atoms with Crippen molar-refractivity contribution in [2.45, 2.75) is 226 Å². The summed E-state index contributed by atoms with van der Waals surface area (Å²) in [6.45, 7) is 21.7. The van der Waals surface area contributed by atoms with E-state index >= 15 is 0 Å². The third-order valence-electron chi connectivity index (χ3n) is 26.0. The molecule has 0 bridgehead atoms. The highest BCUT2D eigenvalue weighted by atomic mass is 16.6. The minimum atomic E-state index is -1.59. The zero-order valence-corrected chi connectivity index (χ0v) is 87.5. The summed E-state index contributed by atoms with van der Waals surface area (Å²) in [7, 11) is 4.35. The Kier molecular flexibility index (Phi) is 50.2. The van der Waals surface area contributed by atoms with Gasteiger partial charge in [-0.05, 0) is 151 Å². The second kappa shape index (κ2) is 62.8. The van der Waals surface area contributed by atoms with Crippen LogP contribution in [0, 0.1) is 23.7 Å². The first kappa shape index (κ1) is 118. The lowest BCUT2D eigenvalue weighted by Gasteiger charge is -2.31. The molecule has 4 aromatic carbocycles. The van der Waals surface area contributed by atoms with Gasteiger partial charge in [0.25, 0.3) is 11.8 Å². The van der Waals surface area contributed by atoms with E-state index in [0.29, 0.717) is 180 Å². The first-order chi connectivity index (χ1) is 71.5. The van der Waals surface area contributed by atoms with Crippen LogP contribution in [-0.4, -0.2) is 325 Å². The third kappa shape index (κ3) is 36.7. The molecule has 818 valence electrons. The SMILES string of the molecule is COCCOCCC(=O)N[C@H](C(=O)N[C@@H](C)C(=O)Nc1ccc(COC(=O)N2c3cc(OCCCCCOc4cc5c(cc4OC)C(=O)N4C=C(C)C[C@H]4[C@H](O)N5C(=O)OCc4ccc(NC(=O)[C@H](C)NC(=O)[C@@H](NCCCOCCOCCOCCOCCOCCOCCOCCOCCNC(=O)CCN5C(=O)CC(C6CCCCCCCC6)C5=O)C(C)C)cc4)c(OC)cc3C(=O)N3C=C(C)C[C@H]3[C@@H]2O)cc1)C(C)C. The van der Waals surface area contributed by atoms with Crippen molar-refractivity contribution in [2.75, 3.05) is 200 Å². The molecule has 9 atom stereocenters. The number of aliphatic hydroxyl groups excluding tert-OH is 2. The van der Waals surface area contributed by atoms with Crippen molar-refractivity contribution < 1.29 is 144 Å². The number of hydrogen-bond donors (Lipinski definition) is 9. The van der Waals surface area contributed by atoms with Crippen molar-refractivity contribution in [1.29, 1.82) is 0 Å². The number of amides is 12. The van der Waals surface area contributed by atoms with Gasteiger partial charge in [-0.25, -0.2) is 19.4 Å². The van der Waals surface area contributed by atoms with Gasteiger partial charge < -0.3 is 133 Å². The second-order valence-corrected chi connectivity index (χ2v) is 38.1. The molecule has 5 aliphatic heterocycles. The van der Waals surface area contributed by atoms with E-state index in [1.54, 1.807) is 81.7 Å². The van der Waals surface area contributed by atoms with Crippen LogP contribution in [0.5, 0.6) is 23.0 Å². The van der Waals surface area contributed by atoms with Gasteiger partial charge in [-0.15, -0.1) is 0 Å². The van der Waals surface area contributed by atoms with Crippen LogP contribution >= 0.6 is 0 Å². The number of methoxy groups -OCH3 is 3. The Morgan fingerprint density at radius 3 is 1.26 bits per heavy atom. The van der Waals surface area contributed by atoms with Gasteiger partial charge >= 0.3 is 12.2 Å². The van der Waals surface area contributed by atoms with Crippen LogP contribution in [0.15, 0.2) is 96.3 Å². The van der Waals surface area contributed by atoms with Crippen LogP contribution in [0.2, 0.25) is 0 Å². The summed E-state index contributed by atoms with van der Waals surface area (Å²) in [6.07, 6.45) is 10.1. The molecule has 0 aromatic heterocycles. The molecular formula is C106H154N12O30. The molecule has 148 heavy (non-hydrogen) atoms. The summed E-state index contributed by atoms with van der Waals surface area (Å²) in [5.74, 6) is -3.53. The van der Waals surface area contributed by atoms with Crippen LogP contribution < -0.4 is 66.0 Å². The lowest BCUT2D eigenvalue weighted by Crippen LogP contribution is -2.53. The highest BCUT2D eigenvalue weighted by Gasteiger charge is 2.49. The fourth-order valence-corrected chi connectivity index (χ4v) is 17.9. The maximum Gasteiger partial charge on any atom is 0.416 e. The number of anilines is 4. The summed E-state index contributed by atoms with van der Waals surface area (Å²) < 4.78 is 91.0. The third-order valence-corrected chi connectivity index (χ3v) is 26.0. The van der Waals surface area contributed by atoms with Crippen molar-refractivity contribution in [3.63, 3.8) is 0 Å². The number of fused-ring (bicyclic) bond motifs is 4. The minimum absolute atomic E-state index is 0.00244. The minimum Gasteiger partial charge on any atom is -0.493 e. The first-order valence-electron chi connectivity index (χ1n) is 51.7. The van der Waals surface area contributed by atoms with Crippen molar-refractivity contribution in [1.82, 2.24) is 41.3 Å². The molecule has 9 N–H and O–H groups in total. The van der Waals surface area contributed by atoms with Crippen LogP contribution in [0.25, 0.3) is 0 Å². The monoisotopic (exact) mass is 2080 g/mol. The summed E-state index contributed by atoms with van der Waals surface area (Å²) >= 11 is 0. The number of carbonyl (C=O) groups excluding carboxylic acids is 12. The number of hydrogen-bond acceptors (Lipinski definition) is 31. The molecule has 1 saturated carbocycles. The summed E-state index contributed by atoms with van der Waals surface area (Å²) in [5.41, 5.74) is 3.45. The molecule has 0 spiro atoms. The van der Waals surface area contributed by atoms with E-state index in [1.807, 2.05) is 27.7 Å². The quantitative estimate of drug-likeness (QED) is 0.0147. The number of carbonyl (C=O) groups is 12. The number of imide groups is 1. The number of benzene rings is 4. The molecule has 1 unspecified atom stereocenters. The first-order valence-corrected chi connectivity index (χ1v) is 51.7. The van der Waals surface area contributed by atoms with E-state index in [9.17, 15) is 67.7 Å². The fraction of sp³-hybridized carbons (Fsp3) is 0.623. The van der Waals surface area contributed by atoms with Gasteiger partial charge in [-0.1, -0.05) is 102 Å². The van der Waals surface area contributed by atoms with Gasteiger partial charge in [0.1, 0.15) is 31.3 Å². The number of unbranched alkanes of at least 4 members (excludes halogenated alkanes) is 2. The van der Waals surface area contributed by atoms with E-state index in [4.69, 9.17) is 75.8 Å². The van der Waals surface area contributed by atoms with Crippen LogP contribution in [0.1, 0.15) is 196 Å². The zero-order chi connectivity index (χ0) is 106. The maximum atomic E-state index is 14.5. The second-order valence-electron chi connectivity index (χ2n) is 38.1. The number of nitrogens with one attached hydrogen (secondary N) is 7. The average molecular weight is 2080 g/mol. The molecular weight excluding hydrogens is 1920 g/mol. The smallest absolute Gasteiger partial charge is 0.416 e. The molecule has 1 saturated heterocycles. The lowest BCUT2D eigenvalue weighted by atomic mass is 9.83. The topological polar surface area (TPSA) is 493 Å². The molecule has 0 radical (unpaired) electrons. The normalized spacial score (nSPS) is 18.2. The fourth-order valence-electron chi connectivity index (χ4n) is 17.9. The molecule has 6 aliphatic rings. The molecule has 10 rings (SSSR count). The largest absolute Gasteiger partial charge is 0.493 e. The van der Waals surface area contributed by atoms with Gasteiger partial charge in [-0.3, -0.25) is 52.8 Å². The van der Waals surface area contributed by atoms with Gasteiger partial charge in [0.15, 0.2) is 35.5 Å². The number of ether oxygens (including phenoxy) is 16. The summed E-state index contributed by atoms with van der Waals surface area (Å²) in [6, 6.07) is 13.5. The number of nitrogens with zero attached hydrogens (tertiary/aromatic N) is 5. The lowest BCUT2D eigenvalue weighted by molar-refractivity contribution is -0.140. The molecule has 12 amide bonds. The molecule has 4 aromatic rings. The van der Waals surface area contributed by atoms with E-state index in [1.165, 1.54) is 92.9 Å². The summed E-state index contributed by atoms with van der Waals surface area (Å²) in [5, 5.41) is 44.1. The molecule has 1 aliphatic carbocycles. The summed E-state index contributed by atoms with van der Waals surface area (Å²) in [4.78, 5) is 169. The number of aliphatic hydroxyl groups is 2. The highest BCUT2D eigenvalue weighted by molar-refractivity contribution is 6.08.